The van der Waals surface area contributed by atoms with Gasteiger partial charge in [0, 0.05) is 20.8 Å². The molecule has 5 heteroatoms. The summed E-state index contributed by atoms with van der Waals surface area (Å²) in [6.07, 6.45) is -8.64. The Hall–Kier alpha value is -2.92. The van der Waals surface area contributed by atoms with Crippen molar-refractivity contribution in [2.75, 3.05) is 18.3 Å². The van der Waals surface area contributed by atoms with Gasteiger partial charge in [-0.1, -0.05) is 24.2 Å². The highest BCUT2D eigenvalue weighted by Gasteiger charge is 2.16. The van der Waals surface area contributed by atoms with Gasteiger partial charge in [-0.3, -0.25) is 4.79 Å². The van der Waals surface area contributed by atoms with Gasteiger partial charge in [0.25, 0.3) is 5.91 Å². The van der Waals surface area contributed by atoms with Crippen LogP contribution in [0.2, 0.25) is 2.82 Å². The summed E-state index contributed by atoms with van der Waals surface area (Å²) >= 11 is 0. The molecule has 1 amide bonds. The molecule has 0 spiro atoms. The standard InChI is InChI=1S/C21H22N4O/c1-15-20(14-23-25(15)19-5-3-2-4-6-19)21(26)24-18-8-7-16-9-11-22-12-10-17(16)13-18/h2-8,13-14,22H,9-12H2,1H3,(H,24,26)/i1D3,2D,3D,4D,5D,6D,7D,8D,9D2,10D2,11D2,12D2,13D,14D/hD2. The number of nitrogens with zero attached hydrogens (tertiary/aromatic N) is 2. The van der Waals surface area contributed by atoms with Crippen molar-refractivity contribution in [2.45, 2.75) is 19.6 Å². The van der Waals surface area contributed by atoms with Gasteiger partial charge in [-0.15, -0.1) is 0 Å². The van der Waals surface area contributed by atoms with E-state index in [2.05, 4.69) is 5.10 Å². The van der Waals surface area contributed by atoms with Crippen molar-refractivity contribution in [3.8, 4) is 5.69 Å². The molecule has 132 valence electrons. The minimum atomic E-state index is -3.79. The highest BCUT2D eigenvalue weighted by molar-refractivity contribution is 6.05. The van der Waals surface area contributed by atoms with E-state index in [1.165, 1.54) is 0 Å². The second-order valence-corrected chi connectivity index (χ2v) is 4.70. The maximum Gasteiger partial charge on any atom is 0.259 e. The Morgan fingerprint density at radius 1 is 1.31 bits per heavy atom. The van der Waals surface area contributed by atoms with E-state index < -0.39 is 137 Å². The van der Waals surface area contributed by atoms with Crippen LogP contribution in [0.1, 0.15) is 54.6 Å². The SMILES string of the molecule is [2H]c1nn(-c2c([2H])c([2H])c([2H])c([2H])c2[2H])c(C([2H])([2H])[2H])c1C(=O)N([2H])c1c([2H])c([2H])c2c(c1[2H])C([2H])([2H])C([2H])([2H])N([2H])C([2H])([2H])C2([2H])[2H]. The zero-order valence-electron chi connectivity index (χ0n) is 34.7. The van der Waals surface area contributed by atoms with E-state index in [1.54, 1.807) is 0 Å². The molecule has 2 aromatic carbocycles. The Morgan fingerprint density at radius 2 is 2.12 bits per heavy atom. The number of anilines is 1. The van der Waals surface area contributed by atoms with Crippen LogP contribution in [-0.4, -0.2) is 28.7 Å². The maximum absolute atomic E-state index is 13.8. The van der Waals surface area contributed by atoms with E-state index in [0.717, 1.165) is 0 Å². The van der Waals surface area contributed by atoms with Gasteiger partial charge in [0.15, 0.2) is 1.41 Å². The highest BCUT2D eigenvalue weighted by atomic mass is 16.1. The molecule has 1 aromatic heterocycles. The summed E-state index contributed by atoms with van der Waals surface area (Å²) in [4.78, 5) is 13.8. The van der Waals surface area contributed by atoms with Crippen molar-refractivity contribution >= 4 is 11.6 Å². The van der Waals surface area contributed by atoms with Crippen molar-refractivity contribution in [2.24, 2.45) is 0 Å². The molecule has 0 bridgehead atoms. The van der Waals surface area contributed by atoms with Gasteiger partial charge in [0.1, 0.15) is 1.41 Å². The largest absolute Gasteiger partial charge is 0.322 e. The van der Waals surface area contributed by atoms with Gasteiger partial charge >= 0.3 is 0 Å². The molecule has 0 saturated carbocycles. The molecule has 3 aromatic rings. The number of benzene rings is 2. The van der Waals surface area contributed by atoms with E-state index in [1.807, 2.05) is 0 Å². The number of carbonyl (C=O) groups is 1. The molecular weight excluding hydrogens is 324 g/mol. The van der Waals surface area contributed by atoms with E-state index in [9.17, 15) is 4.79 Å². The fourth-order valence-corrected chi connectivity index (χ4v) is 1.96. The lowest BCUT2D eigenvalue weighted by atomic mass is 10.0. The van der Waals surface area contributed by atoms with Crippen LogP contribution < -0.4 is 10.6 Å². The molecule has 2 heterocycles. The quantitative estimate of drug-likeness (QED) is 0.747. The van der Waals surface area contributed by atoms with Gasteiger partial charge in [0.05, 0.1) is 35.5 Å². The number of fused-ring (bicyclic) bond motifs is 1. The fraction of sp³-hybridized carbons (Fsp3) is 0.238. The summed E-state index contributed by atoms with van der Waals surface area (Å²) in [5.74, 6) is -1.89. The lowest BCUT2D eigenvalue weighted by Gasteiger charge is -2.10. The number of para-hydroxylation sites is 1. The lowest BCUT2D eigenvalue weighted by Crippen LogP contribution is -2.16. The zero-order chi connectivity index (χ0) is 37.2. The summed E-state index contributed by atoms with van der Waals surface area (Å²) in [6.45, 7) is -11.0. The summed E-state index contributed by atoms with van der Waals surface area (Å²) in [6, 6.07) is -9.00. The molecule has 0 fully saturated rings. The number of aromatic nitrogens is 2. The van der Waals surface area contributed by atoms with Crippen LogP contribution in [0, 0.1) is 6.85 Å². The smallest absolute Gasteiger partial charge is 0.259 e. The number of amides is 1. The van der Waals surface area contributed by atoms with E-state index in [0.29, 0.717) is 0 Å². The minimum Gasteiger partial charge on any atom is -0.322 e. The monoisotopic (exact) mass is 368 g/mol. The Labute approximate surface area is 184 Å². The first-order chi connectivity index (χ1) is 21.5. The Morgan fingerprint density at radius 3 is 2.92 bits per heavy atom. The van der Waals surface area contributed by atoms with Crippen molar-refractivity contribution in [3.63, 3.8) is 0 Å². The van der Waals surface area contributed by atoms with Crippen molar-refractivity contribution in [1.82, 2.24) is 15.1 Å². The molecule has 1 aliphatic rings. The van der Waals surface area contributed by atoms with Crippen LogP contribution >= 0.6 is 0 Å². The van der Waals surface area contributed by atoms with Crippen LogP contribution in [0.25, 0.3) is 5.69 Å². The third kappa shape index (κ3) is 3.26. The van der Waals surface area contributed by atoms with Crippen molar-refractivity contribution < 1.29 is 35.0 Å². The van der Waals surface area contributed by atoms with Gasteiger partial charge < -0.3 is 10.6 Å². The fourth-order valence-electron chi connectivity index (χ4n) is 1.96. The molecule has 5 nitrogen and oxygen atoms in total. The third-order valence-electron chi connectivity index (χ3n) is 3.11. The first-order valence-electron chi connectivity index (χ1n) is 17.9. The number of rotatable bonds is 3. The van der Waals surface area contributed by atoms with E-state index in [-0.39, 0.29) is 4.68 Å². The Kier molecular flexibility index (Phi) is 1.34. The Balaban J connectivity index is 2.08. The van der Waals surface area contributed by atoms with Gasteiger partial charge in [0.2, 0.25) is 0 Å². The predicted octanol–water partition coefficient (Wildman–Crippen LogP) is 3.12. The predicted molar refractivity (Wildman–Crippen MR) is 103 cm³/mol. The first kappa shape index (κ1) is 4.87. The van der Waals surface area contributed by atoms with Crippen molar-refractivity contribution in [1.29, 1.82) is 0 Å². The molecule has 0 unspecified atom stereocenters. The summed E-state index contributed by atoms with van der Waals surface area (Å²) in [5.41, 5.74) is -7.59. The van der Waals surface area contributed by atoms with Crippen molar-refractivity contribution in [3.05, 3.63) is 76.9 Å². The van der Waals surface area contributed by atoms with Gasteiger partial charge in [-0.05, 0) is 67.9 Å². The van der Waals surface area contributed by atoms with Crippen LogP contribution in [-0.2, 0) is 12.7 Å². The molecule has 0 saturated heterocycles. The summed E-state index contributed by atoms with van der Waals surface area (Å²) < 4.78 is 181. The molecule has 2 N–H and O–H groups in total. The van der Waals surface area contributed by atoms with E-state index >= 15 is 0 Å². The first-order valence-corrected chi connectivity index (χ1v) is 6.97. The summed E-state index contributed by atoms with van der Waals surface area (Å²) in [5, 5.41) is 2.47. The number of carbonyl (C=O) groups excluding carboxylic acids is 1. The molecule has 0 aliphatic carbocycles. The third-order valence-corrected chi connectivity index (χ3v) is 3.11. The molecule has 0 atom stereocenters. The lowest BCUT2D eigenvalue weighted by molar-refractivity contribution is 0.102. The molecule has 26 heavy (non-hydrogen) atoms. The van der Waals surface area contributed by atoms with E-state index in [4.69, 9.17) is 30.2 Å². The normalized spacial score (nSPS) is 34.9. The van der Waals surface area contributed by atoms with Crippen LogP contribution in [0.15, 0.2) is 54.5 Å². The Bertz CT molecular complexity index is 1850. The molecule has 1 aliphatic heterocycles. The van der Waals surface area contributed by atoms with Gasteiger partial charge in [-0.25, -0.2) is 4.68 Å². The topological polar surface area (TPSA) is 59.0 Å². The van der Waals surface area contributed by atoms with Crippen LogP contribution in [0.4, 0.5) is 5.69 Å². The minimum absolute atomic E-state index is 0.208. The van der Waals surface area contributed by atoms with Gasteiger partial charge in [-0.2, -0.15) is 5.10 Å². The average Bonchev–Trinajstić information content (AvgIpc) is 3.31. The zero-order valence-corrected chi connectivity index (χ0v) is 12.7. The second-order valence-electron chi connectivity index (χ2n) is 4.70. The van der Waals surface area contributed by atoms with Crippen LogP contribution in [0.5, 0.6) is 0 Å². The number of hydrogen-bond donors (Lipinski definition) is 2. The average molecular weight is 369 g/mol. The number of nitrogens with one attached hydrogen (secondary N) is 2. The summed E-state index contributed by atoms with van der Waals surface area (Å²) in [7, 11) is 0. The maximum atomic E-state index is 13.8. The molecule has 0 radical (unpaired) electrons. The molecular formula is C21H22N4O. The number of hydrogen-bond acceptors (Lipinski definition) is 3. The highest BCUT2D eigenvalue weighted by Crippen LogP contribution is 2.20. The molecule has 4 rings (SSSR count). The van der Waals surface area contributed by atoms with Crippen LogP contribution in [0.3, 0.4) is 0 Å². The second kappa shape index (κ2) is 7.14.